The van der Waals surface area contributed by atoms with Crippen molar-refractivity contribution in [1.29, 1.82) is 0 Å². The van der Waals surface area contributed by atoms with Crippen molar-refractivity contribution in [2.45, 2.75) is 0 Å². The Balaban J connectivity index is 1.47. The monoisotopic (exact) mass is 390 g/mol. The second kappa shape index (κ2) is 7.58. The highest BCUT2D eigenvalue weighted by atomic mass is 35.5. The molecule has 5 nitrogen and oxygen atoms in total. The van der Waals surface area contributed by atoms with Gasteiger partial charge in [0.1, 0.15) is 17.3 Å². The van der Waals surface area contributed by atoms with E-state index in [4.69, 9.17) is 16.0 Å². The Labute approximate surface area is 165 Å². The molecule has 0 saturated heterocycles. The van der Waals surface area contributed by atoms with Crippen LogP contribution in [0.25, 0.3) is 22.1 Å². The van der Waals surface area contributed by atoms with E-state index in [0.29, 0.717) is 21.9 Å². The van der Waals surface area contributed by atoms with Crippen LogP contribution in [-0.4, -0.2) is 17.2 Å². The number of hydrogen-bond acceptors (Lipinski definition) is 4. The molecular weight excluding hydrogens is 376 g/mol. The molecule has 0 radical (unpaired) electrons. The largest absolute Gasteiger partial charge is 0.506 e. The number of hydrazone groups is 1. The van der Waals surface area contributed by atoms with Gasteiger partial charge in [-0.2, -0.15) is 5.10 Å². The van der Waals surface area contributed by atoms with Gasteiger partial charge in [0.25, 0.3) is 5.91 Å². The van der Waals surface area contributed by atoms with E-state index in [1.165, 1.54) is 6.21 Å². The van der Waals surface area contributed by atoms with Crippen molar-refractivity contribution in [1.82, 2.24) is 5.43 Å². The summed E-state index contributed by atoms with van der Waals surface area (Å²) >= 11 is 5.89. The van der Waals surface area contributed by atoms with E-state index in [1.54, 1.807) is 42.5 Å². The second-order valence-electron chi connectivity index (χ2n) is 6.09. The summed E-state index contributed by atoms with van der Waals surface area (Å²) in [6, 6.07) is 21.5. The van der Waals surface area contributed by atoms with E-state index in [1.807, 2.05) is 30.3 Å². The number of amides is 1. The van der Waals surface area contributed by atoms with Gasteiger partial charge in [-0.3, -0.25) is 4.79 Å². The summed E-state index contributed by atoms with van der Waals surface area (Å²) in [5.41, 5.74) is 3.44. The number of rotatable bonds is 4. The van der Waals surface area contributed by atoms with Crippen LogP contribution in [0.1, 0.15) is 16.1 Å². The lowest BCUT2D eigenvalue weighted by Crippen LogP contribution is -2.17. The first-order chi connectivity index (χ1) is 13.6. The highest BCUT2D eigenvalue weighted by Gasteiger charge is 2.13. The Morgan fingerprint density at radius 2 is 1.79 bits per heavy atom. The summed E-state index contributed by atoms with van der Waals surface area (Å²) in [6.07, 6.45) is 1.40. The van der Waals surface area contributed by atoms with Crippen molar-refractivity contribution in [2.24, 2.45) is 5.10 Å². The van der Waals surface area contributed by atoms with Gasteiger partial charge in [0, 0.05) is 16.0 Å². The third kappa shape index (κ3) is 3.61. The Morgan fingerprint density at radius 3 is 2.61 bits per heavy atom. The number of hydrogen-bond donors (Lipinski definition) is 2. The number of aromatic hydroxyl groups is 1. The number of fused-ring (bicyclic) bond motifs is 1. The first-order valence-electron chi connectivity index (χ1n) is 8.52. The van der Waals surface area contributed by atoms with Crippen LogP contribution in [0.4, 0.5) is 0 Å². The number of nitrogens with zero attached hydrogens (tertiary/aromatic N) is 1. The van der Waals surface area contributed by atoms with Gasteiger partial charge in [-0.25, -0.2) is 5.43 Å². The van der Waals surface area contributed by atoms with Crippen LogP contribution < -0.4 is 5.43 Å². The molecule has 1 aromatic heterocycles. The summed E-state index contributed by atoms with van der Waals surface area (Å²) in [7, 11) is 0. The van der Waals surface area contributed by atoms with Crippen LogP contribution in [-0.2, 0) is 0 Å². The van der Waals surface area contributed by atoms with E-state index in [-0.39, 0.29) is 11.3 Å². The average Bonchev–Trinajstić information content (AvgIpc) is 3.18. The fourth-order valence-electron chi connectivity index (χ4n) is 2.84. The van der Waals surface area contributed by atoms with Crippen molar-refractivity contribution >= 4 is 34.5 Å². The van der Waals surface area contributed by atoms with Crippen LogP contribution in [0.2, 0.25) is 5.02 Å². The molecule has 3 aromatic carbocycles. The number of phenolic OH excluding ortho intramolecular Hbond substituents is 1. The lowest BCUT2D eigenvalue weighted by molar-refractivity contribution is 0.0952. The summed E-state index contributed by atoms with van der Waals surface area (Å²) in [5.74, 6) is 0.558. The summed E-state index contributed by atoms with van der Waals surface area (Å²) in [4.78, 5) is 12.3. The van der Waals surface area contributed by atoms with Gasteiger partial charge in [-0.05, 0) is 47.9 Å². The molecule has 0 fully saturated rings. The molecule has 0 saturated carbocycles. The van der Waals surface area contributed by atoms with Crippen LogP contribution in [0.15, 0.2) is 82.3 Å². The summed E-state index contributed by atoms with van der Waals surface area (Å²) in [6.45, 7) is 0. The molecule has 1 heterocycles. The minimum Gasteiger partial charge on any atom is -0.506 e. The lowest BCUT2D eigenvalue weighted by Gasteiger charge is -2.06. The first-order valence-corrected chi connectivity index (χ1v) is 8.89. The molecule has 0 aliphatic rings. The molecule has 0 unspecified atom stereocenters. The van der Waals surface area contributed by atoms with Crippen molar-refractivity contribution in [3.8, 4) is 17.1 Å². The maximum Gasteiger partial charge on any atom is 0.275 e. The SMILES string of the molecule is O=C(N/N=C/c1ccc(-c2ccc(Cl)cc2)o1)c1ccc2ccccc2c1O. The number of furan rings is 1. The fourth-order valence-corrected chi connectivity index (χ4v) is 2.97. The van der Waals surface area contributed by atoms with Crippen molar-refractivity contribution in [2.75, 3.05) is 0 Å². The third-order valence-electron chi connectivity index (χ3n) is 4.26. The molecule has 138 valence electrons. The Morgan fingerprint density at radius 1 is 1.00 bits per heavy atom. The maximum atomic E-state index is 12.3. The third-order valence-corrected chi connectivity index (χ3v) is 4.51. The van der Waals surface area contributed by atoms with Gasteiger partial charge in [0.05, 0.1) is 11.8 Å². The predicted octanol–water partition coefficient (Wildman–Crippen LogP) is 5.22. The number of carbonyl (C=O) groups excluding carboxylic acids is 1. The van der Waals surface area contributed by atoms with Gasteiger partial charge < -0.3 is 9.52 Å². The van der Waals surface area contributed by atoms with E-state index >= 15 is 0 Å². The molecule has 0 atom stereocenters. The van der Waals surface area contributed by atoms with Crippen LogP contribution in [0, 0.1) is 0 Å². The summed E-state index contributed by atoms with van der Waals surface area (Å²) in [5, 5.41) is 16.4. The van der Waals surface area contributed by atoms with Crippen LogP contribution >= 0.6 is 11.6 Å². The van der Waals surface area contributed by atoms with Gasteiger partial charge in [0.2, 0.25) is 0 Å². The molecule has 0 bridgehead atoms. The number of phenols is 1. The van der Waals surface area contributed by atoms with Crippen LogP contribution in [0.5, 0.6) is 5.75 Å². The van der Waals surface area contributed by atoms with Gasteiger partial charge in [0.15, 0.2) is 0 Å². The molecule has 28 heavy (non-hydrogen) atoms. The fraction of sp³-hybridized carbons (Fsp3) is 0. The number of nitrogens with one attached hydrogen (secondary N) is 1. The van der Waals surface area contributed by atoms with Gasteiger partial charge >= 0.3 is 0 Å². The maximum absolute atomic E-state index is 12.3. The van der Waals surface area contributed by atoms with Gasteiger partial charge in [-0.15, -0.1) is 0 Å². The van der Waals surface area contributed by atoms with E-state index in [9.17, 15) is 9.90 Å². The predicted molar refractivity (Wildman–Crippen MR) is 110 cm³/mol. The molecular formula is C22H15ClN2O3. The Kier molecular flexibility index (Phi) is 4.83. The van der Waals surface area contributed by atoms with Crippen molar-refractivity contribution < 1.29 is 14.3 Å². The lowest BCUT2D eigenvalue weighted by atomic mass is 10.1. The average molecular weight is 391 g/mol. The Bertz CT molecular complexity index is 1180. The molecule has 4 rings (SSSR count). The standard InChI is InChI=1S/C22H15ClN2O3/c23-16-8-5-15(6-9-16)20-12-10-17(28-20)13-24-25-22(27)19-11-7-14-3-1-2-4-18(14)21(19)26/h1-13,26H,(H,25,27)/b24-13+. The van der Waals surface area contributed by atoms with Gasteiger partial charge in [-0.1, -0.05) is 41.9 Å². The zero-order valence-electron chi connectivity index (χ0n) is 14.6. The smallest absolute Gasteiger partial charge is 0.275 e. The highest BCUT2D eigenvalue weighted by molar-refractivity contribution is 6.30. The number of carbonyl (C=O) groups is 1. The van der Waals surface area contributed by atoms with E-state index in [2.05, 4.69) is 10.5 Å². The molecule has 1 amide bonds. The zero-order valence-corrected chi connectivity index (χ0v) is 15.4. The highest BCUT2D eigenvalue weighted by Crippen LogP contribution is 2.28. The first kappa shape index (κ1) is 17.8. The van der Waals surface area contributed by atoms with E-state index in [0.717, 1.165) is 10.9 Å². The molecule has 0 aliphatic carbocycles. The minimum atomic E-state index is -0.510. The molecule has 2 N–H and O–H groups in total. The molecule has 0 aliphatic heterocycles. The topological polar surface area (TPSA) is 74.8 Å². The van der Waals surface area contributed by atoms with Crippen LogP contribution in [0.3, 0.4) is 0 Å². The summed E-state index contributed by atoms with van der Waals surface area (Å²) < 4.78 is 5.69. The van der Waals surface area contributed by atoms with Crippen molar-refractivity contribution in [3.05, 3.63) is 89.1 Å². The minimum absolute atomic E-state index is 0.0752. The second-order valence-corrected chi connectivity index (χ2v) is 6.53. The molecule has 4 aromatic rings. The molecule has 6 heteroatoms. The number of halogens is 1. The van der Waals surface area contributed by atoms with E-state index < -0.39 is 5.91 Å². The Hall–Kier alpha value is -3.57. The zero-order chi connectivity index (χ0) is 19.5. The van der Waals surface area contributed by atoms with Crippen molar-refractivity contribution in [3.63, 3.8) is 0 Å². The quantitative estimate of drug-likeness (QED) is 0.370. The normalized spacial score (nSPS) is 11.2. The molecule has 0 spiro atoms. The number of benzene rings is 3.